The molecule has 4 aromatic rings. The third kappa shape index (κ3) is 3.28. The van der Waals surface area contributed by atoms with Crippen molar-refractivity contribution in [1.82, 2.24) is 19.7 Å². The van der Waals surface area contributed by atoms with Gasteiger partial charge in [-0.2, -0.15) is 0 Å². The lowest BCUT2D eigenvalue weighted by Crippen LogP contribution is -2.23. The molecule has 0 N–H and O–H groups in total. The van der Waals surface area contributed by atoms with Crippen LogP contribution in [0.2, 0.25) is 0 Å². The Hall–Kier alpha value is -2.87. The van der Waals surface area contributed by atoms with Gasteiger partial charge in [0, 0.05) is 5.92 Å². The van der Waals surface area contributed by atoms with E-state index in [1.807, 2.05) is 24.3 Å². The average Bonchev–Trinajstić information content (AvgIpc) is 3.21. The zero-order chi connectivity index (χ0) is 18.2. The maximum Gasteiger partial charge on any atom is 0.262 e. The number of rotatable bonds is 6. The summed E-state index contributed by atoms with van der Waals surface area (Å²) in [5.74, 6) is 2.85. The first kappa shape index (κ1) is 16.3. The Labute approximate surface area is 158 Å². The number of fused-ring (bicyclic) bond motifs is 1. The van der Waals surface area contributed by atoms with E-state index in [-0.39, 0.29) is 5.56 Å². The molecule has 1 aliphatic rings. The molecule has 3 aromatic heterocycles. The molecule has 136 valence electrons. The van der Waals surface area contributed by atoms with Crippen molar-refractivity contribution in [2.75, 3.05) is 0 Å². The molecule has 3 heterocycles. The lowest BCUT2D eigenvalue weighted by molar-refractivity contribution is 0.465. The van der Waals surface area contributed by atoms with Crippen LogP contribution in [0.15, 0.2) is 61.4 Å². The Morgan fingerprint density at radius 1 is 1.15 bits per heavy atom. The van der Waals surface area contributed by atoms with Crippen molar-refractivity contribution in [1.29, 1.82) is 0 Å². The molecule has 1 aliphatic carbocycles. The highest BCUT2D eigenvalue weighted by molar-refractivity contribution is 7.98. The van der Waals surface area contributed by atoms with Crippen molar-refractivity contribution in [3.63, 3.8) is 0 Å². The van der Waals surface area contributed by atoms with Crippen LogP contribution in [0.3, 0.4) is 0 Å². The van der Waals surface area contributed by atoms with E-state index in [1.165, 1.54) is 11.8 Å². The highest BCUT2D eigenvalue weighted by Gasteiger charge is 2.29. The molecular formula is C19H16N4O3S. The number of furan rings is 1. The predicted octanol–water partition coefficient (Wildman–Crippen LogP) is 3.59. The zero-order valence-corrected chi connectivity index (χ0v) is 15.2. The number of hydrogen-bond donors (Lipinski definition) is 0. The van der Waals surface area contributed by atoms with Crippen LogP contribution in [-0.4, -0.2) is 19.7 Å². The third-order valence-electron chi connectivity index (χ3n) is 4.45. The summed E-state index contributed by atoms with van der Waals surface area (Å²) in [6, 6.07) is 11.0. The highest BCUT2D eigenvalue weighted by atomic mass is 32.2. The van der Waals surface area contributed by atoms with E-state index < -0.39 is 0 Å². The average molecular weight is 380 g/mol. The lowest BCUT2D eigenvalue weighted by Gasteiger charge is -2.11. The molecule has 0 bridgehead atoms. The molecule has 0 atom stereocenters. The first-order valence-corrected chi connectivity index (χ1v) is 9.73. The summed E-state index contributed by atoms with van der Waals surface area (Å²) in [6.07, 6.45) is 3.83. The third-order valence-corrected chi connectivity index (χ3v) is 5.42. The van der Waals surface area contributed by atoms with Gasteiger partial charge in [-0.25, -0.2) is 4.98 Å². The van der Waals surface area contributed by atoms with E-state index in [4.69, 9.17) is 8.83 Å². The van der Waals surface area contributed by atoms with Crippen molar-refractivity contribution in [2.45, 2.75) is 36.2 Å². The quantitative estimate of drug-likeness (QED) is 0.373. The Morgan fingerprint density at radius 3 is 2.85 bits per heavy atom. The van der Waals surface area contributed by atoms with Gasteiger partial charge in [-0.15, -0.1) is 10.2 Å². The summed E-state index contributed by atoms with van der Waals surface area (Å²) >= 11 is 1.41. The van der Waals surface area contributed by atoms with Crippen molar-refractivity contribution in [3.05, 3.63) is 70.6 Å². The van der Waals surface area contributed by atoms with Crippen LogP contribution in [0.25, 0.3) is 10.9 Å². The molecule has 0 amide bonds. The largest absolute Gasteiger partial charge is 0.467 e. The predicted molar refractivity (Wildman–Crippen MR) is 99.6 cm³/mol. The Kier molecular flexibility index (Phi) is 4.05. The lowest BCUT2D eigenvalue weighted by atomic mass is 10.2. The van der Waals surface area contributed by atoms with E-state index in [1.54, 1.807) is 23.0 Å². The molecular weight excluding hydrogens is 364 g/mol. The number of hydrogen-bond acceptors (Lipinski definition) is 7. The van der Waals surface area contributed by atoms with E-state index in [0.717, 1.165) is 12.8 Å². The molecule has 0 radical (unpaired) electrons. The van der Waals surface area contributed by atoms with Crippen LogP contribution in [0.5, 0.6) is 0 Å². The monoisotopic (exact) mass is 380 g/mol. The van der Waals surface area contributed by atoms with Crippen LogP contribution >= 0.6 is 11.8 Å². The van der Waals surface area contributed by atoms with Crippen molar-refractivity contribution >= 4 is 22.7 Å². The van der Waals surface area contributed by atoms with Crippen LogP contribution < -0.4 is 5.56 Å². The van der Waals surface area contributed by atoms with Crippen LogP contribution in [0.1, 0.15) is 36.3 Å². The molecule has 1 saturated carbocycles. The summed E-state index contributed by atoms with van der Waals surface area (Å²) in [4.78, 5) is 17.7. The Bertz CT molecular complexity index is 1150. The van der Waals surface area contributed by atoms with E-state index in [9.17, 15) is 4.79 Å². The molecule has 1 fully saturated rings. The van der Waals surface area contributed by atoms with Crippen LogP contribution in [0.4, 0.5) is 0 Å². The molecule has 7 nitrogen and oxygen atoms in total. The van der Waals surface area contributed by atoms with Crippen LogP contribution in [-0.2, 0) is 12.3 Å². The molecule has 0 spiro atoms. The number of para-hydroxylation sites is 1. The molecule has 1 aromatic carbocycles. The summed E-state index contributed by atoms with van der Waals surface area (Å²) in [5, 5.41) is 9.40. The highest BCUT2D eigenvalue weighted by Crippen LogP contribution is 2.39. The standard InChI is InChI=1S/C19H16N4O3S/c24-18-14-5-1-2-6-15(14)20-19(23(18)10-13-4-3-9-25-13)27-11-16-21-22-17(26-16)12-7-8-12/h1-6,9,12H,7-8,10-11H2. The maximum absolute atomic E-state index is 13.0. The topological polar surface area (TPSA) is 87.0 Å². The summed E-state index contributed by atoms with van der Waals surface area (Å²) in [5.41, 5.74) is 0.577. The van der Waals surface area contributed by atoms with Gasteiger partial charge in [-0.1, -0.05) is 23.9 Å². The van der Waals surface area contributed by atoms with Gasteiger partial charge in [-0.05, 0) is 37.1 Å². The smallest absolute Gasteiger partial charge is 0.262 e. The minimum atomic E-state index is -0.0938. The summed E-state index contributed by atoms with van der Waals surface area (Å²) in [7, 11) is 0. The molecule has 27 heavy (non-hydrogen) atoms. The van der Waals surface area contributed by atoms with Gasteiger partial charge in [0.1, 0.15) is 5.76 Å². The first-order chi connectivity index (χ1) is 13.3. The normalized spacial score (nSPS) is 14.1. The van der Waals surface area contributed by atoms with Gasteiger partial charge < -0.3 is 8.83 Å². The number of thioether (sulfide) groups is 1. The van der Waals surface area contributed by atoms with Crippen molar-refractivity contribution in [3.8, 4) is 0 Å². The number of aromatic nitrogens is 4. The number of nitrogens with zero attached hydrogens (tertiary/aromatic N) is 4. The fourth-order valence-corrected chi connectivity index (χ4v) is 3.74. The summed E-state index contributed by atoms with van der Waals surface area (Å²) in [6.45, 7) is 0.323. The van der Waals surface area contributed by atoms with Gasteiger partial charge in [0.15, 0.2) is 5.16 Å². The SMILES string of the molecule is O=c1c2ccccc2nc(SCc2nnc(C3CC3)o2)n1Cc1ccco1. The molecule has 5 rings (SSSR count). The fourth-order valence-electron chi connectivity index (χ4n) is 2.90. The van der Waals surface area contributed by atoms with Gasteiger partial charge >= 0.3 is 0 Å². The van der Waals surface area contributed by atoms with Crippen LogP contribution in [0, 0.1) is 0 Å². The molecule has 0 unspecified atom stereocenters. The van der Waals surface area contributed by atoms with Gasteiger partial charge in [0.2, 0.25) is 11.8 Å². The minimum absolute atomic E-state index is 0.0938. The second-order valence-electron chi connectivity index (χ2n) is 6.48. The van der Waals surface area contributed by atoms with Crippen molar-refractivity contribution in [2.24, 2.45) is 0 Å². The van der Waals surface area contributed by atoms with E-state index >= 15 is 0 Å². The van der Waals surface area contributed by atoms with E-state index in [2.05, 4.69) is 15.2 Å². The van der Waals surface area contributed by atoms with Gasteiger partial charge in [-0.3, -0.25) is 9.36 Å². The summed E-state index contributed by atoms with van der Waals surface area (Å²) < 4.78 is 12.8. The number of benzene rings is 1. The zero-order valence-electron chi connectivity index (χ0n) is 14.4. The van der Waals surface area contributed by atoms with Gasteiger partial charge in [0.25, 0.3) is 5.56 Å². The van der Waals surface area contributed by atoms with Gasteiger partial charge in [0.05, 0.1) is 29.5 Å². The molecule has 0 aliphatic heterocycles. The van der Waals surface area contributed by atoms with Crippen molar-refractivity contribution < 1.29 is 8.83 Å². The first-order valence-electron chi connectivity index (χ1n) is 8.75. The Morgan fingerprint density at radius 2 is 2.04 bits per heavy atom. The minimum Gasteiger partial charge on any atom is -0.467 e. The maximum atomic E-state index is 13.0. The second-order valence-corrected chi connectivity index (χ2v) is 7.42. The van der Waals surface area contributed by atoms with E-state index in [0.29, 0.717) is 51.8 Å². The molecule has 0 saturated heterocycles. The second kappa shape index (κ2) is 6.70. The molecule has 8 heteroatoms. The fraction of sp³-hybridized carbons (Fsp3) is 0.263. The Balaban J connectivity index is 1.49.